The molecule has 6 nitrogen and oxygen atoms in total. The highest BCUT2D eigenvalue weighted by Crippen LogP contribution is 2.33. The van der Waals surface area contributed by atoms with E-state index in [1.807, 2.05) is 65.6 Å². The highest BCUT2D eigenvalue weighted by atomic mass is 32.2. The number of carboxylic acid groups (broad SMARTS) is 1. The van der Waals surface area contributed by atoms with Crippen molar-refractivity contribution in [1.82, 2.24) is 4.90 Å². The van der Waals surface area contributed by atoms with Crippen molar-refractivity contribution in [1.29, 1.82) is 0 Å². The molecule has 11 heteroatoms. The van der Waals surface area contributed by atoms with Crippen LogP contribution in [0.3, 0.4) is 0 Å². The molecular weight excluding hydrogens is 610 g/mol. The summed E-state index contributed by atoms with van der Waals surface area (Å²) in [5.74, 6) is -2.42. The number of carboxylic acids is 1. The normalized spacial score (nSPS) is 12.1. The molecule has 0 aliphatic heterocycles. The molecule has 0 saturated carbocycles. The van der Waals surface area contributed by atoms with Gasteiger partial charge in [0, 0.05) is 37.4 Å². The van der Waals surface area contributed by atoms with Gasteiger partial charge in [0.25, 0.3) is 0 Å². The lowest BCUT2D eigenvalue weighted by molar-refractivity contribution is -0.140. The molecular formula is C34H33F4NO5S. The van der Waals surface area contributed by atoms with E-state index in [9.17, 15) is 26.4 Å². The van der Waals surface area contributed by atoms with Gasteiger partial charge in [-0.1, -0.05) is 78.9 Å². The van der Waals surface area contributed by atoms with Crippen LogP contribution in [0, 0.1) is 5.82 Å². The van der Waals surface area contributed by atoms with Gasteiger partial charge >= 0.3 is 12.1 Å². The van der Waals surface area contributed by atoms with E-state index in [4.69, 9.17) is 9.84 Å². The molecule has 45 heavy (non-hydrogen) atoms. The van der Waals surface area contributed by atoms with E-state index >= 15 is 4.39 Å². The first-order chi connectivity index (χ1) is 21.3. The van der Waals surface area contributed by atoms with Crippen molar-refractivity contribution in [3.8, 4) is 5.75 Å². The fourth-order valence-corrected chi connectivity index (χ4v) is 6.13. The number of aliphatic carboxylic acids is 1. The second-order valence-corrected chi connectivity index (χ2v) is 12.7. The molecule has 0 aromatic heterocycles. The maximum atomic E-state index is 15.1. The number of ether oxygens (including phenoxy) is 1. The summed E-state index contributed by atoms with van der Waals surface area (Å²) in [6.07, 6.45) is -3.94. The Bertz CT molecular complexity index is 1660. The lowest BCUT2D eigenvalue weighted by atomic mass is 9.90. The summed E-state index contributed by atoms with van der Waals surface area (Å²) in [6.45, 7) is 0.714. The molecule has 0 fully saturated rings. The molecule has 0 aliphatic carbocycles. The van der Waals surface area contributed by atoms with Gasteiger partial charge in [-0.25, -0.2) is 12.8 Å². The standard InChI is InChI=1S/C34H33F4NO5S/c1-45(42,43)31-21-28(17-16-26(31)20-32(40)41)44-19-9-18-39(22-27-14-8-15-30(33(27)35)34(36,37)38)23-29(24-10-4-2-5-11-24)25-12-6-3-7-13-25/h2-8,10-17,21,29H,9,18-20,22-23H2,1H3,(H,40,41). The SMILES string of the molecule is CS(=O)(=O)c1cc(OCCCN(Cc2cccc(C(F)(F)F)c2F)CC(c2ccccc2)c2ccccc2)ccc1CC(=O)O. The predicted molar refractivity (Wildman–Crippen MR) is 162 cm³/mol. The highest BCUT2D eigenvalue weighted by Gasteiger charge is 2.35. The number of alkyl halides is 3. The van der Waals surface area contributed by atoms with Gasteiger partial charge in [0.1, 0.15) is 11.6 Å². The smallest absolute Gasteiger partial charge is 0.419 e. The average Bonchev–Trinajstić information content (AvgIpc) is 2.99. The van der Waals surface area contributed by atoms with E-state index < -0.39 is 39.8 Å². The van der Waals surface area contributed by atoms with Gasteiger partial charge in [-0.15, -0.1) is 0 Å². The molecule has 0 spiro atoms. The van der Waals surface area contributed by atoms with Crippen LogP contribution in [0.1, 0.15) is 40.2 Å². The lowest BCUT2D eigenvalue weighted by Gasteiger charge is -2.29. The molecule has 0 radical (unpaired) electrons. The zero-order valence-corrected chi connectivity index (χ0v) is 25.3. The van der Waals surface area contributed by atoms with Crippen LogP contribution < -0.4 is 4.74 Å². The molecule has 0 amide bonds. The molecule has 238 valence electrons. The van der Waals surface area contributed by atoms with Crippen LogP contribution in [0.4, 0.5) is 17.6 Å². The summed E-state index contributed by atoms with van der Waals surface area (Å²) >= 11 is 0. The minimum absolute atomic E-state index is 0.0857. The maximum Gasteiger partial charge on any atom is 0.419 e. The van der Waals surface area contributed by atoms with Gasteiger partial charge in [0.2, 0.25) is 0 Å². The number of benzene rings is 4. The Kier molecular flexibility index (Phi) is 11.0. The van der Waals surface area contributed by atoms with Crippen molar-refractivity contribution in [2.75, 3.05) is 26.0 Å². The van der Waals surface area contributed by atoms with Crippen LogP contribution in [0.15, 0.2) is 102 Å². The van der Waals surface area contributed by atoms with Gasteiger partial charge in [-0.2, -0.15) is 13.2 Å². The fourth-order valence-electron chi connectivity index (χ4n) is 5.19. The summed E-state index contributed by atoms with van der Waals surface area (Å²) in [7, 11) is -3.73. The summed E-state index contributed by atoms with van der Waals surface area (Å²) in [6, 6.07) is 26.7. The zero-order chi connectivity index (χ0) is 32.6. The first-order valence-corrected chi connectivity index (χ1v) is 16.1. The summed E-state index contributed by atoms with van der Waals surface area (Å²) in [4.78, 5) is 12.9. The Hall–Kier alpha value is -4.22. The maximum absolute atomic E-state index is 15.1. The molecule has 0 bridgehead atoms. The Labute approximate surface area is 259 Å². The van der Waals surface area contributed by atoms with E-state index in [2.05, 4.69) is 0 Å². The molecule has 4 aromatic rings. The van der Waals surface area contributed by atoms with Crippen molar-refractivity contribution >= 4 is 15.8 Å². The molecule has 1 N–H and O–H groups in total. The molecule has 0 heterocycles. The summed E-state index contributed by atoms with van der Waals surface area (Å²) in [5.41, 5.74) is 0.712. The van der Waals surface area contributed by atoms with Crippen molar-refractivity contribution in [2.45, 2.75) is 36.4 Å². The third-order valence-electron chi connectivity index (χ3n) is 7.29. The van der Waals surface area contributed by atoms with Crippen LogP contribution in [-0.2, 0) is 33.8 Å². The first-order valence-electron chi connectivity index (χ1n) is 14.2. The van der Waals surface area contributed by atoms with Crippen molar-refractivity contribution in [2.24, 2.45) is 0 Å². The van der Waals surface area contributed by atoms with Gasteiger partial charge in [-0.3, -0.25) is 9.69 Å². The second kappa shape index (κ2) is 14.7. The Morgan fingerprint density at radius 1 is 0.889 bits per heavy atom. The Morgan fingerprint density at radius 3 is 2.07 bits per heavy atom. The van der Waals surface area contributed by atoms with Gasteiger partial charge in [-0.05, 0) is 41.3 Å². The van der Waals surface area contributed by atoms with Crippen LogP contribution >= 0.6 is 0 Å². The van der Waals surface area contributed by atoms with Crippen LogP contribution in [0.5, 0.6) is 5.75 Å². The monoisotopic (exact) mass is 643 g/mol. The van der Waals surface area contributed by atoms with E-state index in [0.717, 1.165) is 23.4 Å². The minimum atomic E-state index is -4.83. The number of carbonyl (C=O) groups is 1. The quantitative estimate of drug-likeness (QED) is 0.118. The molecule has 0 unspecified atom stereocenters. The summed E-state index contributed by atoms with van der Waals surface area (Å²) in [5, 5.41) is 9.13. The number of nitrogens with zero attached hydrogens (tertiary/aromatic N) is 1. The predicted octanol–water partition coefficient (Wildman–Crippen LogP) is 6.98. The van der Waals surface area contributed by atoms with Crippen LogP contribution in [-0.4, -0.2) is 50.3 Å². The Balaban J connectivity index is 1.57. The largest absolute Gasteiger partial charge is 0.494 e. The van der Waals surface area contributed by atoms with Crippen molar-refractivity contribution < 1.29 is 40.6 Å². The number of rotatable bonds is 14. The first kappa shape index (κ1) is 33.7. The highest BCUT2D eigenvalue weighted by molar-refractivity contribution is 7.90. The van der Waals surface area contributed by atoms with E-state index in [1.165, 1.54) is 30.3 Å². The number of halogens is 4. The zero-order valence-electron chi connectivity index (χ0n) is 24.5. The topological polar surface area (TPSA) is 83.9 Å². The molecule has 0 saturated heterocycles. The Morgan fingerprint density at radius 2 is 1.51 bits per heavy atom. The van der Waals surface area contributed by atoms with E-state index in [-0.39, 0.29) is 40.8 Å². The van der Waals surface area contributed by atoms with Crippen LogP contribution in [0.25, 0.3) is 0 Å². The number of sulfone groups is 1. The van der Waals surface area contributed by atoms with Gasteiger partial charge < -0.3 is 9.84 Å². The number of hydrogen-bond acceptors (Lipinski definition) is 5. The average molecular weight is 644 g/mol. The van der Waals surface area contributed by atoms with Crippen LogP contribution in [0.2, 0.25) is 0 Å². The fraction of sp³-hybridized carbons (Fsp3) is 0.265. The van der Waals surface area contributed by atoms with Crippen molar-refractivity contribution in [3.05, 3.63) is 131 Å². The molecule has 0 aliphatic rings. The summed E-state index contributed by atoms with van der Waals surface area (Å²) < 4.78 is 85.9. The lowest BCUT2D eigenvalue weighted by Crippen LogP contribution is -2.31. The van der Waals surface area contributed by atoms with Crippen molar-refractivity contribution in [3.63, 3.8) is 0 Å². The van der Waals surface area contributed by atoms with Gasteiger partial charge in [0.15, 0.2) is 9.84 Å². The second-order valence-electron chi connectivity index (χ2n) is 10.7. The van der Waals surface area contributed by atoms with E-state index in [0.29, 0.717) is 19.5 Å². The number of hydrogen-bond donors (Lipinski definition) is 1. The third kappa shape index (κ3) is 9.39. The third-order valence-corrected chi connectivity index (χ3v) is 8.47. The molecule has 0 atom stereocenters. The van der Waals surface area contributed by atoms with E-state index in [1.54, 1.807) is 0 Å². The molecule has 4 aromatic carbocycles. The van der Waals surface area contributed by atoms with Gasteiger partial charge in [0.05, 0.1) is 23.5 Å². The molecule has 4 rings (SSSR count). The minimum Gasteiger partial charge on any atom is -0.494 e.